The number of aliphatic hydroxyl groups is 1. The molecule has 3 rings (SSSR count). The van der Waals surface area contributed by atoms with Gasteiger partial charge < -0.3 is 15.2 Å². The average molecular weight is 382 g/mol. The lowest BCUT2D eigenvalue weighted by molar-refractivity contribution is -0.0605. The summed E-state index contributed by atoms with van der Waals surface area (Å²) in [6.07, 6.45) is 2.30. The number of hydrogen-bond donors (Lipinski definition) is 2. The van der Waals surface area contributed by atoms with Crippen LogP contribution in [0.25, 0.3) is 11.3 Å². The zero-order valence-electron chi connectivity index (χ0n) is 13.3. The van der Waals surface area contributed by atoms with Crippen molar-refractivity contribution in [2.24, 2.45) is 0 Å². The molecular formula is C17H17Cl2N3O3. The quantitative estimate of drug-likeness (QED) is 0.850. The standard InChI is InChI=1S/C17H17Cl2N3O3/c18-12-2-1-11(7-13(12)19)14-8-15(22-10-21-14)16(23)20-9-17(24)3-5-25-6-4-17/h1-2,7-8,10,24H,3-6,9H2,(H,20,23). The van der Waals surface area contributed by atoms with Crippen molar-refractivity contribution in [2.45, 2.75) is 18.4 Å². The molecule has 1 saturated heterocycles. The highest BCUT2D eigenvalue weighted by molar-refractivity contribution is 6.42. The first-order valence-electron chi connectivity index (χ1n) is 7.83. The molecule has 25 heavy (non-hydrogen) atoms. The summed E-state index contributed by atoms with van der Waals surface area (Å²) in [6, 6.07) is 6.69. The molecule has 1 aliphatic rings. The molecule has 0 radical (unpaired) electrons. The molecule has 1 aliphatic heterocycles. The van der Waals surface area contributed by atoms with Crippen LogP contribution in [0.15, 0.2) is 30.6 Å². The molecule has 1 aromatic heterocycles. The first-order chi connectivity index (χ1) is 12.0. The normalized spacial score (nSPS) is 16.4. The van der Waals surface area contributed by atoms with E-state index in [0.29, 0.717) is 41.8 Å². The molecule has 0 aliphatic carbocycles. The minimum Gasteiger partial charge on any atom is -0.388 e. The predicted molar refractivity (Wildman–Crippen MR) is 94.8 cm³/mol. The number of amides is 1. The molecule has 0 atom stereocenters. The van der Waals surface area contributed by atoms with Crippen molar-refractivity contribution in [1.29, 1.82) is 0 Å². The molecular weight excluding hydrogens is 365 g/mol. The SMILES string of the molecule is O=C(NCC1(O)CCOCC1)c1cc(-c2ccc(Cl)c(Cl)c2)ncn1. The monoisotopic (exact) mass is 381 g/mol. The third-order valence-electron chi connectivity index (χ3n) is 4.12. The van der Waals surface area contributed by atoms with Crippen LogP contribution in [0.2, 0.25) is 10.0 Å². The van der Waals surface area contributed by atoms with Crippen LogP contribution in [0.3, 0.4) is 0 Å². The van der Waals surface area contributed by atoms with E-state index < -0.39 is 5.60 Å². The summed E-state index contributed by atoms with van der Waals surface area (Å²) < 4.78 is 5.23. The van der Waals surface area contributed by atoms with Crippen LogP contribution in [0.1, 0.15) is 23.3 Å². The Labute approximate surface area is 155 Å². The molecule has 1 fully saturated rings. The van der Waals surface area contributed by atoms with E-state index in [0.717, 1.165) is 5.56 Å². The van der Waals surface area contributed by atoms with Crippen LogP contribution >= 0.6 is 23.2 Å². The van der Waals surface area contributed by atoms with Crippen LogP contribution < -0.4 is 5.32 Å². The van der Waals surface area contributed by atoms with E-state index in [4.69, 9.17) is 27.9 Å². The Morgan fingerprint density at radius 2 is 1.96 bits per heavy atom. The highest BCUT2D eigenvalue weighted by Gasteiger charge is 2.30. The predicted octanol–water partition coefficient (Wildman–Crippen LogP) is 2.72. The van der Waals surface area contributed by atoms with Crippen molar-refractivity contribution in [3.05, 3.63) is 46.3 Å². The zero-order chi connectivity index (χ0) is 17.9. The average Bonchev–Trinajstić information content (AvgIpc) is 2.63. The second kappa shape index (κ2) is 7.66. The van der Waals surface area contributed by atoms with Crippen molar-refractivity contribution in [3.8, 4) is 11.3 Å². The van der Waals surface area contributed by atoms with Crippen LogP contribution in [0.5, 0.6) is 0 Å². The maximum Gasteiger partial charge on any atom is 0.270 e. The Kier molecular flexibility index (Phi) is 5.54. The molecule has 1 amide bonds. The van der Waals surface area contributed by atoms with Gasteiger partial charge in [0.2, 0.25) is 0 Å². The number of nitrogens with zero attached hydrogens (tertiary/aromatic N) is 2. The second-order valence-corrected chi connectivity index (χ2v) is 6.75. The van der Waals surface area contributed by atoms with Crippen LogP contribution in [0.4, 0.5) is 0 Å². The van der Waals surface area contributed by atoms with Gasteiger partial charge in [0.15, 0.2) is 0 Å². The smallest absolute Gasteiger partial charge is 0.270 e. The highest BCUT2D eigenvalue weighted by atomic mass is 35.5. The van der Waals surface area contributed by atoms with Gasteiger partial charge in [-0.3, -0.25) is 4.79 Å². The molecule has 8 heteroatoms. The number of nitrogens with one attached hydrogen (secondary N) is 1. The van der Waals surface area contributed by atoms with Gasteiger partial charge in [0.25, 0.3) is 5.91 Å². The number of ether oxygens (including phenoxy) is 1. The third kappa shape index (κ3) is 4.46. The lowest BCUT2D eigenvalue weighted by Crippen LogP contribution is -2.46. The zero-order valence-corrected chi connectivity index (χ0v) is 14.8. The maximum absolute atomic E-state index is 12.3. The fraction of sp³-hybridized carbons (Fsp3) is 0.353. The summed E-state index contributed by atoms with van der Waals surface area (Å²) in [5.41, 5.74) is 0.567. The fourth-order valence-corrected chi connectivity index (χ4v) is 2.86. The lowest BCUT2D eigenvalue weighted by atomic mass is 9.94. The number of hydrogen-bond acceptors (Lipinski definition) is 5. The van der Waals surface area contributed by atoms with E-state index in [2.05, 4.69) is 15.3 Å². The summed E-state index contributed by atoms with van der Waals surface area (Å²) in [5, 5.41) is 14.0. The molecule has 0 unspecified atom stereocenters. The van der Waals surface area contributed by atoms with Gasteiger partial charge in [-0.25, -0.2) is 9.97 Å². The molecule has 6 nitrogen and oxygen atoms in total. The number of carbonyl (C=O) groups excluding carboxylic acids is 1. The number of carbonyl (C=O) groups is 1. The summed E-state index contributed by atoms with van der Waals surface area (Å²) >= 11 is 11.9. The first kappa shape index (κ1) is 18.1. The van der Waals surface area contributed by atoms with Gasteiger partial charge in [-0.2, -0.15) is 0 Å². The minimum atomic E-state index is -0.937. The second-order valence-electron chi connectivity index (χ2n) is 5.94. The van der Waals surface area contributed by atoms with E-state index in [1.165, 1.54) is 6.33 Å². The van der Waals surface area contributed by atoms with Gasteiger partial charge in [0.05, 0.1) is 21.3 Å². The van der Waals surface area contributed by atoms with Crippen molar-refractivity contribution in [1.82, 2.24) is 15.3 Å². The number of halogens is 2. The number of aromatic nitrogens is 2. The van der Waals surface area contributed by atoms with Gasteiger partial charge in [0.1, 0.15) is 12.0 Å². The molecule has 2 aromatic rings. The van der Waals surface area contributed by atoms with Crippen molar-refractivity contribution < 1.29 is 14.6 Å². The molecule has 0 bridgehead atoms. The van der Waals surface area contributed by atoms with E-state index in [-0.39, 0.29) is 18.1 Å². The van der Waals surface area contributed by atoms with E-state index in [1.807, 2.05) is 0 Å². The highest BCUT2D eigenvalue weighted by Crippen LogP contribution is 2.27. The largest absolute Gasteiger partial charge is 0.388 e. The summed E-state index contributed by atoms with van der Waals surface area (Å²) in [5.74, 6) is -0.372. The maximum atomic E-state index is 12.3. The molecule has 0 saturated carbocycles. The Morgan fingerprint density at radius 3 is 2.68 bits per heavy atom. The van der Waals surface area contributed by atoms with E-state index in [1.54, 1.807) is 24.3 Å². The van der Waals surface area contributed by atoms with Gasteiger partial charge in [-0.15, -0.1) is 0 Å². The van der Waals surface area contributed by atoms with Gasteiger partial charge >= 0.3 is 0 Å². The van der Waals surface area contributed by atoms with Crippen molar-refractivity contribution >= 4 is 29.1 Å². The third-order valence-corrected chi connectivity index (χ3v) is 4.86. The van der Waals surface area contributed by atoms with Gasteiger partial charge in [0, 0.05) is 38.2 Å². The molecule has 2 N–H and O–H groups in total. The molecule has 2 heterocycles. The molecule has 1 aromatic carbocycles. The first-order valence-corrected chi connectivity index (χ1v) is 8.58. The molecule has 132 valence electrons. The Balaban J connectivity index is 1.72. The number of benzene rings is 1. The Morgan fingerprint density at radius 1 is 1.20 bits per heavy atom. The topological polar surface area (TPSA) is 84.3 Å². The fourth-order valence-electron chi connectivity index (χ4n) is 2.56. The van der Waals surface area contributed by atoms with Crippen molar-refractivity contribution in [3.63, 3.8) is 0 Å². The van der Waals surface area contributed by atoms with Crippen molar-refractivity contribution in [2.75, 3.05) is 19.8 Å². The number of rotatable bonds is 4. The van der Waals surface area contributed by atoms with Crippen LogP contribution in [-0.4, -0.2) is 46.3 Å². The summed E-state index contributed by atoms with van der Waals surface area (Å²) in [6.45, 7) is 1.13. The van der Waals surface area contributed by atoms with Crippen LogP contribution in [-0.2, 0) is 4.74 Å². The minimum absolute atomic E-state index is 0.154. The Bertz CT molecular complexity index is 779. The molecule has 0 spiro atoms. The van der Waals surface area contributed by atoms with Gasteiger partial charge in [-0.1, -0.05) is 29.3 Å². The van der Waals surface area contributed by atoms with E-state index >= 15 is 0 Å². The summed E-state index contributed by atoms with van der Waals surface area (Å²) in [7, 11) is 0. The van der Waals surface area contributed by atoms with Crippen LogP contribution in [0, 0.1) is 0 Å². The van der Waals surface area contributed by atoms with Gasteiger partial charge in [-0.05, 0) is 18.2 Å². The lowest BCUT2D eigenvalue weighted by Gasteiger charge is -2.31. The van der Waals surface area contributed by atoms with E-state index in [9.17, 15) is 9.90 Å². The summed E-state index contributed by atoms with van der Waals surface area (Å²) in [4.78, 5) is 20.5. The Hall–Kier alpha value is -1.73.